The molecule has 1 saturated heterocycles. The molecule has 3 aliphatic rings. The summed E-state index contributed by atoms with van der Waals surface area (Å²) >= 11 is 3.78. The number of hydrogen-bond acceptors (Lipinski definition) is 7. The zero-order chi connectivity index (χ0) is 28.4. The summed E-state index contributed by atoms with van der Waals surface area (Å²) in [5, 5.41) is 14.1. The Morgan fingerprint density at radius 1 is 0.975 bits per heavy atom. The van der Waals surface area contributed by atoms with E-state index in [-0.39, 0.29) is 30.0 Å². The molecule has 1 N–H and O–H groups in total. The standard InChI is InChI=1S/C31H30BrN3O5/c1-18-33-25(40-34-18)21(36)16-10-11-17-35-26(37)24-29(2)22(19-12-6-4-7-13-19)23(20-14-8-5-9-15-20)30(3,27(29)38)31(24,32)28(35)39/h4-9,12-15,21,24,36H,10-11,16-17H2,1-3H3/t21-,24?,29?,30?,31?/m0/s1. The SMILES string of the molecule is Cc1noc([C@@H](O)CCCCN2C(=O)C3C4(C)C(=O)C(C)(C(c5ccccc5)=C4c4ccccc4)C3(Br)C2=O)n1. The van der Waals surface area contributed by atoms with Crippen LogP contribution in [0.1, 0.15) is 62.1 Å². The van der Waals surface area contributed by atoms with Crippen LogP contribution in [0.15, 0.2) is 65.2 Å². The van der Waals surface area contributed by atoms with Crippen LogP contribution >= 0.6 is 15.9 Å². The summed E-state index contributed by atoms with van der Waals surface area (Å²) in [6.45, 7) is 5.52. The van der Waals surface area contributed by atoms with Gasteiger partial charge in [-0.1, -0.05) is 81.8 Å². The van der Waals surface area contributed by atoms with Crippen LogP contribution in [-0.2, 0) is 14.4 Å². The number of allylic oxidation sites excluding steroid dienone is 2. The molecule has 40 heavy (non-hydrogen) atoms. The Balaban J connectivity index is 1.35. The number of Topliss-reactive ketones (excluding diaryl/α,β-unsaturated/α-hetero) is 1. The van der Waals surface area contributed by atoms with Crippen molar-refractivity contribution in [1.29, 1.82) is 0 Å². The van der Waals surface area contributed by atoms with Gasteiger partial charge in [0.1, 0.15) is 10.4 Å². The first-order valence-electron chi connectivity index (χ1n) is 13.5. The molecule has 0 spiro atoms. The molecule has 2 fully saturated rings. The maximum Gasteiger partial charge on any atom is 0.255 e. The van der Waals surface area contributed by atoms with Gasteiger partial charge in [0.05, 0.1) is 16.7 Å². The maximum atomic E-state index is 14.4. The Morgan fingerprint density at radius 2 is 1.57 bits per heavy atom. The number of halogens is 1. The Kier molecular flexibility index (Phi) is 6.23. The number of unbranched alkanes of at least 4 members (excludes halogenated alkanes) is 1. The predicted octanol–water partition coefficient (Wildman–Crippen LogP) is 4.92. The topological polar surface area (TPSA) is 114 Å². The molecule has 3 aromatic rings. The van der Waals surface area contributed by atoms with Crippen LogP contribution in [0.2, 0.25) is 0 Å². The van der Waals surface area contributed by atoms with Crippen LogP contribution in [0.4, 0.5) is 0 Å². The van der Waals surface area contributed by atoms with E-state index in [1.165, 1.54) is 4.90 Å². The largest absolute Gasteiger partial charge is 0.383 e. The third kappa shape index (κ3) is 3.37. The summed E-state index contributed by atoms with van der Waals surface area (Å²) in [6.07, 6.45) is 0.469. The molecule has 1 aromatic heterocycles. The molecule has 0 radical (unpaired) electrons. The van der Waals surface area contributed by atoms with E-state index in [1.54, 1.807) is 6.92 Å². The van der Waals surface area contributed by atoms with Crippen LogP contribution in [0, 0.1) is 23.7 Å². The number of rotatable bonds is 8. The predicted molar refractivity (Wildman–Crippen MR) is 151 cm³/mol. The fourth-order valence-electron chi connectivity index (χ4n) is 7.25. The summed E-state index contributed by atoms with van der Waals surface area (Å²) in [4.78, 5) is 48.0. The average molecular weight is 605 g/mol. The lowest BCUT2D eigenvalue weighted by molar-refractivity contribution is -0.144. The second-order valence-corrected chi connectivity index (χ2v) is 12.5. The van der Waals surface area contributed by atoms with Gasteiger partial charge >= 0.3 is 0 Å². The van der Waals surface area contributed by atoms with Gasteiger partial charge < -0.3 is 9.63 Å². The fraction of sp³-hybridized carbons (Fsp3) is 0.387. The van der Waals surface area contributed by atoms with E-state index in [0.717, 1.165) is 22.3 Å². The van der Waals surface area contributed by atoms with Crippen molar-refractivity contribution in [1.82, 2.24) is 15.0 Å². The molecule has 8 nitrogen and oxygen atoms in total. The molecule has 5 atom stereocenters. The molecule has 2 aliphatic carbocycles. The van der Waals surface area contributed by atoms with E-state index in [9.17, 15) is 19.5 Å². The Hall–Kier alpha value is -3.43. The smallest absolute Gasteiger partial charge is 0.255 e. The lowest BCUT2D eigenvalue weighted by Gasteiger charge is -2.41. The van der Waals surface area contributed by atoms with Gasteiger partial charge in [-0.2, -0.15) is 4.98 Å². The third-order valence-electron chi connectivity index (χ3n) is 9.03. The van der Waals surface area contributed by atoms with Crippen molar-refractivity contribution in [3.8, 4) is 0 Å². The minimum absolute atomic E-state index is 0.112. The number of fused-ring (bicyclic) bond motifs is 5. The molecule has 1 aliphatic heterocycles. The van der Waals surface area contributed by atoms with Gasteiger partial charge in [0.25, 0.3) is 5.89 Å². The summed E-state index contributed by atoms with van der Waals surface area (Å²) in [7, 11) is 0. The molecule has 2 aromatic carbocycles. The number of aromatic nitrogens is 2. The number of aryl methyl sites for hydroxylation is 1. The van der Waals surface area contributed by atoms with Gasteiger partial charge in [0.2, 0.25) is 11.8 Å². The molecule has 4 unspecified atom stereocenters. The van der Waals surface area contributed by atoms with E-state index in [0.29, 0.717) is 25.1 Å². The van der Waals surface area contributed by atoms with Crippen LogP contribution in [0.3, 0.4) is 0 Å². The highest BCUT2D eigenvalue weighted by molar-refractivity contribution is 9.10. The summed E-state index contributed by atoms with van der Waals surface area (Å²) in [5.74, 6) is -1.10. The molecular weight excluding hydrogens is 574 g/mol. The first kappa shape index (κ1) is 26.8. The van der Waals surface area contributed by atoms with Gasteiger partial charge in [-0.15, -0.1) is 0 Å². The molecule has 2 bridgehead atoms. The number of imide groups is 1. The summed E-state index contributed by atoms with van der Waals surface area (Å²) < 4.78 is 3.64. The zero-order valence-electron chi connectivity index (χ0n) is 22.6. The van der Waals surface area contributed by atoms with E-state index in [4.69, 9.17) is 4.52 Å². The molecule has 206 valence electrons. The Morgan fingerprint density at radius 3 is 2.15 bits per heavy atom. The molecule has 2 amide bonds. The van der Waals surface area contributed by atoms with Crippen LogP contribution in [-0.4, -0.2) is 48.6 Å². The number of carbonyl (C=O) groups excluding carboxylic acids is 3. The van der Waals surface area contributed by atoms with Crippen molar-refractivity contribution in [2.75, 3.05) is 6.54 Å². The van der Waals surface area contributed by atoms with Crippen molar-refractivity contribution >= 4 is 44.7 Å². The van der Waals surface area contributed by atoms with Gasteiger partial charge in [-0.05, 0) is 62.3 Å². The van der Waals surface area contributed by atoms with E-state index >= 15 is 0 Å². The van der Waals surface area contributed by atoms with Gasteiger partial charge in [0, 0.05) is 6.54 Å². The second kappa shape index (κ2) is 9.31. The summed E-state index contributed by atoms with van der Waals surface area (Å²) in [6, 6.07) is 19.4. The van der Waals surface area contributed by atoms with Crippen LogP contribution < -0.4 is 0 Å². The number of amides is 2. The van der Waals surface area contributed by atoms with Crippen molar-refractivity contribution in [3.05, 3.63) is 83.5 Å². The first-order valence-corrected chi connectivity index (χ1v) is 14.3. The highest BCUT2D eigenvalue weighted by Gasteiger charge is 2.85. The highest BCUT2D eigenvalue weighted by atomic mass is 79.9. The number of likely N-dealkylation sites (tertiary alicyclic amines) is 1. The number of nitrogens with zero attached hydrogens (tertiary/aromatic N) is 3. The lowest BCUT2D eigenvalue weighted by atomic mass is 9.63. The number of hydrogen-bond donors (Lipinski definition) is 1. The summed E-state index contributed by atoms with van der Waals surface area (Å²) in [5.41, 5.74) is 0.889. The quantitative estimate of drug-likeness (QED) is 0.221. The van der Waals surface area contributed by atoms with E-state index in [2.05, 4.69) is 26.1 Å². The van der Waals surface area contributed by atoms with E-state index in [1.807, 2.05) is 74.5 Å². The number of benzene rings is 2. The zero-order valence-corrected chi connectivity index (χ0v) is 24.1. The van der Waals surface area contributed by atoms with Crippen molar-refractivity contribution in [2.24, 2.45) is 16.7 Å². The minimum Gasteiger partial charge on any atom is -0.383 e. The number of ketones is 1. The van der Waals surface area contributed by atoms with Crippen molar-refractivity contribution in [2.45, 2.75) is 50.5 Å². The average Bonchev–Trinajstić information content (AvgIpc) is 3.57. The fourth-order valence-corrected chi connectivity index (χ4v) is 8.50. The van der Waals surface area contributed by atoms with Crippen molar-refractivity contribution < 1.29 is 24.0 Å². The number of aliphatic hydroxyl groups excluding tert-OH is 1. The lowest BCUT2D eigenvalue weighted by Crippen LogP contribution is -2.50. The van der Waals surface area contributed by atoms with Crippen LogP contribution in [0.25, 0.3) is 11.1 Å². The van der Waals surface area contributed by atoms with Gasteiger partial charge in [-0.3, -0.25) is 19.3 Å². The number of aliphatic hydroxyl groups is 1. The first-order chi connectivity index (χ1) is 19.1. The minimum atomic E-state index is -1.40. The monoisotopic (exact) mass is 603 g/mol. The molecule has 1 saturated carbocycles. The van der Waals surface area contributed by atoms with Gasteiger partial charge in [-0.25, -0.2) is 0 Å². The number of carbonyl (C=O) groups is 3. The third-order valence-corrected chi connectivity index (χ3v) is 10.6. The Labute approximate surface area is 240 Å². The van der Waals surface area contributed by atoms with Crippen molar-refractivity contribution in [3.63, 3.8) is 0 Å². The maximum absolute atomic E-state index is 14.4. The highest BCUT2D eigenvalue weighted by Crippen LogP contribution is 2.77. The normalized spacial score (nSPS) is 30.0. The van der Waals surface area contributed by atoms with E-state index < -0.39 is 27.2 Å². The molecule has 2 heterocycles. The van der Waals surface area contributed by atoms with Gasteiger partial charge in [0.15, 0.2) is 11.6 Å². The molecular formula is C31H30BrN3O5. The number of alkyl halides is 1. The second-order valence-electron chi connectivity index (χ2n) is 11.3. The molecule has 9 heteroatoms. The van der Waals surface area contributed by atoms with Crippen LogP contribution in [0.5, 0.6) is 0 Å². The Bertz CT molecular complexity index is 1550. The molecule has 6 rings (SSSR count).